The minimum absolute atomic E-state index is 0.116. The SMILES string of the molecule is Cc1cccc(OCC(=O)N/N=C\c2ccc(-c3ccc(Cl)cc3)o2)c1. The van der Waals surface area contributed by atoms with Gasteiger partial charge in [-0.25, -0.2) is 5.43 Å². The average molecular weight is 369 g/mol. The molecule has 0 bridgehead atoms. The van der Waals surface area contributed by atoms with Crippen LogP contribution in [0.1, 0.15) is 11.3 Å². The van der Waals surface area contributed by atoms with Gasteiger partial charge in [-0.05, 0) is 61.0 Å². The first-order chi connectivity index (χ1) is 12.6. The van der Waals surface area contributed by atoms with Gasteiger partial charge in [0.1, 0.15) is 17.3 Å². The van der Waals surface area contributed by atoms with E-state index in [1.807, 2.05) is 43.3 Å². The summed E-state index contributed by atoms with van der Waals surface area (Å²) in [6.07, 6.45) is 1.43. The van der Waals surface area contributed by atoms with Crippen molar-refractivity contribution in [3.8, 4) is 17.1 Å². The highest BCUT2D eigenvalue weighted by molar-refractivity contribution is 6.30. The van der Waals surface area contributed by atoms with Crippen LogP contribution in [-0.4, -0.2) is 18.7 Å². The quantitative estimate of drug-likeness (QED) is 0.517. The first kappa shape index (κ1) is 17.8. The second kappa shape index (κ2) is 8.36. The Hall–Kier alpha value is -3.05. The fraction of sp³-hybridized carbons (Fsp3) is 0.100. The molecule has 0 fully saturated rings. The number of hydrogen-bond donors (Lipinski definition) is 1. The molecule has 1 N–H and O–H groups in total. The summed E-state index contributed by atoms with van der Waals surface area (Å²) in [4.78, 5) is 11.8. The van der Waals surface area contributed by atoms with Gasteiger partial charge in [-0.3, -0.25) is 4.79 Å². The molecular weight excluding hydrogens is 352 g/mol. The summed E-state index contributed by atoms with van der Waals surface area (Å²) in [5.41, 5.74) is 4.37. The molecule has 6 heteroatoms. The molecule has 0 saturated carbocycles. The van der Waals surface area contributed by atoms with Crippen molar-refractivity contribution in [1.82, 2.24) is 5.43 Å². The second-order valence-electron chi connectivity index (χ2n) is 5.61. The highest BCUT2D eigenvalue weighted by Crippen LogP contribution is 2.23. The number of halogens is 1. The van der Waals surface area contributed by atoms with Gasteiger partial charge < -0.3 is 9.15 Å². The van der Waals surface area contributed by atoms with Gasteiger partial charge in [0.15, 0.2) is 6.61 Å². The minimum atomic E-state index is -0.354. The van der Waals surface area contributed by atoms with Crippen LogP contribution in [0.3, 0.4) is 0 Å². The van der Waals surface area contributed by atoms with Crippen LogP contribution in [0.5, 0.6) is 5.75 Å². The van der Waals surface area contributed by atoms with Crippen LogP contribution in [0.15, 0.2) is 70.2 Å². The van der Waals surface area contributed by atoms with Gasteiger partial charge in [-0.15, -0.1) is 0 Å². The van der Waals surface area contributed by atoms with E-state index in [0.717, 1.165) is 11.1 Å². The normalized spacial score (nSPS) is 10.8. The smallest absolute Gasteiger partial charge is 0.277 e. The molecule has 0 aliphatic carbocycles. The van der Waals surface area contributed by atoms with Gasteiger partial charge in [0, 0.05) is 10.6 Å². The Morgan fingerprint density at radius 3 is 2.77 bits per heavy atom. The lowest BCUT2D eigenvalue weighted by Crippen LogP contribution is -2.24. The summed E-state index contributed by atoms with van der Waals surface area (Å²) in [5.74, 6) is 1.50. The Morgan fingerprint density at radius 1 is 1.19 bits per heavy atom. The molecule has 1 amide bonds. The molecule has 0 atom stereocenters. The van der Waals surface area contributed by atoms with E-state index in [1.54, 1.807) is 24.3 Å². The van der Waals surface area contributed by atoms with Crippen molar-refractivity contribution < 1.29 is 13.9 Å². The van der Waals surface area contributed by atoms with Crippen LogP contribution < -0.4 is 10.2 Å². The summed E-state index contributed by atoms with van der Waals surface area (Å²) in [6.45, 7) is 1.84. The molecule has 0 spiro atoms. The zero-order chi connectivity index (χ0) is 18.4. The zero-order valence-electron chi connectivity index (χ0n) is 14.1. The maximum atomic E-state index is 11.8. The summed E-state index contributed by atoms with van der Waals surface area (Å²) >= 11 is 5.87. The van der Waals surface area contributed by atoms with Crippen molar-refractivity contribution in [3.63, 3.8) is 0 Å². The van der Waals surface area contributed by atoms with Gasteiger partial charge in [0.25, 0.3) is 5.91 Å². The lowest BCUT2D eigenvalue weighted by molar-refractivity contribution is -0.123. The highest BCUT2D eigenvalue weighted by atomic mass is 35.5. The van der Waals surface area contributed by atoms with Crippen LogP contribution in [0, 0.1) is 6.92 Å². The number of ether oxygens (including phenoxy) is 1. The number of furan rings is 1. The number of hydrazone groups is 1. The molecule has 2 aromatic carbocycles. The number of amides is 1. The highest BCUT2D eigenvalue weighted by Gasteiger charge is 2.04. The Kier molecular flexibility index (Phi) is 5.71. The monoisotopic (exact) mass is 368 g/mol. The molecule has 0 unspecified atom stereocenters. The molecule has 26 heavy (non-hydrogen) atoms. The Bertz CT molecular complexity index is 917. The number of nitrogens with one attached hydrogen (secondary N) is 1. The van der Waals surface area contributed by atoms with Gasteiger partial charge in [-0.1, -0.05) is 23.7 Å². The number of aryl methyl sites for hydroxylation is 1. The molecule has 3 aromatic rings. The van der Waals surface area contributed by atoms with E-state index in [2.05, 4.69) is 10.5 Å². The van der Waals surface area contributed by atoms with E-state index in [1.165, 1.54) is 6.21 Å². The molecule has 5 nitrogen and oxygen atoms in total. The average Bonchev–Trinajstić information content (AvgIpc) is 3.09. The van der Waals surface area contributed by atoms with Crippen LogP contribution in [0.25, 0.3) is 11.3 Å². The second-order valence-corrected chi connectivity index (χ2v) is 6.04. The maximum absolute atomic E-state index is 11.8. The number of benzene rings is 2. The molecule has 0 aliphatic rings. The Labute approximate surface area is 156 Å². The summed E-state index contributed by atoms with van der Waals surface area (Å²) < 4.78 is 11.1. The number of carbonyl (C=O) groups is 1. The van der Waals surface area contributed by atoms with Gasteiger partial charge in [0.2, 0.25) is 0 Å². The molecule has 3 rings (SSSR count). The molecule has 0 radical (unpaired) electrons. The molecule has 1 aromatic heterocycles. The van der Waals surface area contributed by atoms with E-state index >= 15 is 0 Å². The topological polar surface area (TPSA) is 63.8 Å². The van der Waals surface area contributed by atoms with E-state index in [-0.39, 0.29) is 12.5 Å². The van der Waals surface area contributed by atoms with E-state index in [4.69, 9.17) is 20.8 Å². The number of rotatable bonds is 6. The lowest BCUT2D eigenvalue weighted by atomic mass is 10.2. The van der Waals surface area contributed by atoms with Gasteiger partial charge >= 0.3 is 0 Å². The summed E-state index contributed by atoms with van der Waals surface area (Å²) in [7, 11) is 0. The Balaban J connectivity index is 1.50. The van der Waals surface area contributed by atoms with Gasteiger partial charge in [-0.2, -0.15) is 5.10 Å². The third-order valence-electron chi connectivity index (χ3n) is 3.50. The summed E-state index contributed by atoms with van der Waals surface area (Å²) in [6, 6.07) is 18.4. The minimum Gasteiger partial charge on any atom is -0.484 e. The van der Waals surface area contributed by atoms with Crippen molar-refractivity contribution in [3.05, 3.63) is 77.0 Å². The predicted molar refractivity (Wildman–Crippen MR) is 102 cm³/mol. The first-order valence-electron chi connectivity index (χ1n) is 7.97. The fourth-order valence-corrected chi connectivity index (χ4v) is 2.37. The van der Waals surface area contributed by atoms with Crippen LogP contribution in [-0.2, 0) is 4.79 Å². The number of carbonyl (C=O) groups excluding carboxylic acids is 1. The molecule has 0 aliphatic heterocycles. The van der Waals surface area contributed by atoms with Crippen molar-refractivity contribution in [1.29, 1.82) is 0 Å². The third kappa shape index (κ3) is 4.97. The van der Waals surface area contributed by atoms with Gasteiger partial charge in [0.05, 0.1) is 6.21 Å². The zero-order valence-corrected chi connectivity index (χ0v) is 14.9. The van der Waals surface area contributed by atoms with E-state index in [9.17, 15) is 4.79 Å². The van der Waals surface area contributed by atoms with E-state index < -0.39 is 0 Å². The van der Waals surface area contributed by atoms with E-state index in [0.29, 0.717) is 22.3 Å². The fourth-order valence-electron chi connectivity index (χ4n) is 2.25. The summed E-state index contributed by atoms with van der Waals surface area (Å²) in [5, 5.41) is 4.54. The number of nitrogens with zero attached hydrogens (tertiary/aromatic N) is 1. The predicted octanol–water partition coefficient (Wildman–Crippen LogP) is 4.44. The molecule has 132 valence electrons. The standard InChI is InChI=1S/C20H17ClN2O3/c1-14-3-2-4-17(11-14)25-13-20(24)23-22-12-18-9-10-19(26-18)15-5-7-16(21)8-6-15/h2-12H,13H2,1H3,(H,23,24)/b22-12-. The van der Waals surface area contributed by atoms with Crippen molar-refractivity contribution in [2.75, 3.05) is 6.61 Å². The molecule has 1 heterocycles. The lowest BCUT2D eigenvalue weighted by Gasteiger charge is -2.05. The first-order valence-corrected chi connectivity index (χ1v) is 8.35. The Morgan fingerprint density at radius 2 is 2.00 bits per heavy atom. The molecule has 0 saturated heterocycles. The van der Waals surface area contributed by atoms with Crippen molar-refractivity contribution >= 4 is 23.7 Å². The van der Waals surface area contributed by atoms with Crippen LogP contribution in [0.4, 0.5) is 0 Å². The maximum Gasteiger partial charge on any atom is 0.277 e. The molecular formula is C20H17ClN2O3. The van der Waals surface area contributed by atoms with Crippen LogP contribution in [0.2, 0.25) is 5.02 Å². The largest absolute Gasteiger partial charge is 0.484 e. The van der Waals surface area contributed by atoms with Crippen molar-refractivity contribution in [2.24, 2.45) is 5.10 Å². The third-order valence-corrected chi connectivity index (χ3v) is 3.75. The number of hydrogen-bond acceptors (Lipinski definition) is 4. The van der Waals surface area contributed by atoms with Crippen LogP contribution >= 0.6 is 11.6 Å². The van der Waals surface area contributed by atoms with Crippen molar-refractivity contribution in [2.45, 2.75) is 6.92 Å².